The summed E-state index contributed by atoms with van der Waals surface area (Å²) in [5, 5.41) is -0.147. The topological polar surface area (TPSA) is 44.8 Å². The number of thiophene rings is 1. The minimum atomic E-state index is -0.257. The number of pyridine rings is 1. The van der Waals surface area contributed by atoms with Gasteiger partial charge >= 0.3 is 0 Å². The van der Waals surface area contributed by atoms with E-state index in [-0.39, 0.29) is 21.9 Å². The largest absolute Gasteiger partial charge is 0.341 e. The first-order chi connectivity index (χ1) is 16.7. The molecule has 4 heterocycles. The summed E-state index contributed by atoms with van der Waals surface area (Å²) in [6.45, 7) is 8.25. The molecule has 3 aromatic heterocycles. The van der Waals surface area contributed by atoms with Gasteiger partial charge in [-0.15, -0.1) is 11.3 Å². The van der Waals surface area contributed by atoms with Gasteiger partial charge in [-0.25, -0.2) is 9.37 Å². The normalized spacial score (nSPS) is 18.9. The number of hydrogen-bond donors (Lipinski definition) is 1. The second kappa shape index (κ2) is 9.28. The molecule has 0 aliphatic carbocycles. The number of halogens is 2. The summed E-state index contributed by atoms with van der Waals surface area (Å²) in [4.78, 5) is 16.5. The molecule has 1 N–H and O–H groups in total. The Kier molecular flexibility index (Phi) is 6.32. The van der Waals surface area contributed by atoms with Crippen LogP contribution in [0.3, 0.4) is 0 Å². The zero-order valence-corrected chi connectivity index (χ0v) is 21.1. The van der Waals surface area contributed by atoms with Crippen molar-refractivity contribution in [2.45, 2.75) is 51.0 Å². The summed E-state index contributed by atoms with van der Waals surface area (Å²) >= 11 is 1.22. The minimum Gasteiger partial charge on any atom is -0.341 e. The van der Waals surface area contributed by atoms with Crippen molar-refractivity contribution in [3.05, 3.63) is 93.8 Å². The molecule has 35 heavy (non-hydrogen) atoms. The van der Waals surface area contributed by atoms with Crippen LogP contribution in [0.4, 0.5) is 8.78 Å². The quantitative estimate of drug-likeness (QED) is 0.315. The van der Waals surface area contributed by atoms with Crippen LogP contribution in [0.25, 0.3) is 11.3 Å². The molecule has 1 atom stereocenters. The third-order valence-corrected chi connectivity index (χ3v) is 8.41. The van der Waals surface area contributed by atoms with E-state index in [1.807, 2.05) is 25.4 Å². The van der Waals surface area contributed by atoms with Gasteiger partial charge in [0.1, 0.15) is 11.6 Å². The SMILES string of the molecule is Cc1ccc(C(C)(C)N2CCC(CCc3ccc(F)s3)(c3ncc(-c4ccc(F)cc4)[nH]3)C2)cn1. The smallest absolute Gasteiger partial charge is 0.176 e. The summed E-state index contributed by atoms with van der Waals surface area (Å²) in [6, 6.07) is 14.1. The first-order valence-electron chi connectivity index (χ1n) is 12.0. The van der Waals surface area contributed by atoms with E-state index in [0.717, 1.165) is 60.0 Å². The lowest BCUT2D eigenvalue weighted by Crippen LogP contribution is -2.42. The van der Waals surface area contributed by atoms with E-state index < -0.39 is 0 Å². The van der Waals surface area contributed by atoms with Crippen LogP contribution < -0.4 is 0 Å². The maximum Gasteiger partial charge on any atom is 0.176 e. The lowest BCUT2D eigenvalue weighted by atomic mass is 9.81. The first-order valence-corrected chi connectivity index (χ1v) is 12.8. The van der Waals surface area contributed by atoms with E-state index in [2.05, 4.69) is 40.8 Å². The highest BCUT2D eigenvalue weighted by molar-refractivity contribution is 7.10. The molecule has 4 aromatic rings. The standard InChI is InChI=1S/C28H30F2N4S/c1-19-4-7-21(16-31-19)27(2,3)34-15-14-28(18-34,13-12-23-10-11-25(30)35-23)26-32-17-24(33-26)20-5-8-22(29)9-6-20/h4-11,16-17H,12-15,18H2,1-3H3,(H,32,33). The summed E-state index contributed by atoms with van der Waals surface area (Å²) in [5.41, 5.74) is 3.58. The van der Waals surface area contributed by atoms with Gasteiger partial charge in [0.05, 0.1) is 11.9 Å². The fraction of sp³-hybridized carbons (Fsp3) is 0.357. The van der Waals surface area contributed by atoms with Gasteiger partial charge in [0.2, 0.25) is 0 Å². The number of likely N-dealkylation sites (tertiary alicyclic amines) is 1. The highest BCUT2D eigenvalue weighted by atomic mass is 32.1. The molecular weight excluding hydrogens is 462 g/mol. The van der Waals surface area contributed by atoms with Crippen molar-refractivity contribution in [1.29, 1.82) is 0 Å². The van der Waals surface area contributed by atoms with E-state index in [4.69, 9.17) is 4.98 Å². The van der Waals surface area contributed by atoms with Crippen LogP contribution in [0.1, 0.15) is 48.6 Å². The van der Waals surface area contributed by atoms with Gasteiger partial charge in [0.15, 0.2) is 5.13 Å². The number of aromatic nitrogens is 3. The van der Waals surface area contributed by atoms with Gasteiger partial charge < -0.3 is 4.98 Å². The number of aromatic amines is 1. The highest BCUT2D eigenvalue weighted by Gasteiger charge is 2.46. The molecular formula is C28H30F2N4S. The van der Waals surface area contributed by atoms with Crippen molar-refractivity contribution < 1.29 is 8.78 Å². The molecule has 1 aliphatic rings. The Labute approximate surface area is 209 Å². The molecule has 1 aromatic carbocycles. The maximum atomic E-state index is 13.7. The van der Waals surface area contributed by atoms with Gasteiger partial charge in [-0.3, -0.25) is 9.88 Å². The number of imidazole rings is 1. The molecule has 4 nitrogen and oxygen atoms in total. The van der Waals surface area contributed by atoms with Gasteiger partial charge in [-0.05, 0) is 93.6 Å². The molecule has 1 aliphatic heterocycles. The Morgan fingerprint density at radius 2 is 1.83 bits per heavy atom. The molecule has 182 valence electrons. The third kappa shape index (κ3) is 4.80. The van der Waals surface area contributed by atoms with Crippen LogP contribution in [0.2, 0.25) is 0 Å². The predicted octanol–water partition coefficient (Wildman–Crippen LogP) is 6.63. The number of benzene rings is 1. The molecule has 0 saturated carbocycles. The van der Waals surface area contributed by atoms with E-state index in [1.54, 1.807) is 18.2 Å². The average molecular weight is 493 g/mol. The zero-order valence-electron chi connectivity index (χ0n) is 20.3. The monoisotopic (exact) mass is 492 g/mol. The Bertz CT molecular complexity index is 1290. The lowest BCUT2D eigenvalue weighted by Gasteiger charge is -2.37. The average Bonchev–Trinajstić information content (AvgIpc) is 3.59. The second-order valence-electron chi connectivity index (χ2n) is 10.1. The van der Waals surface area contributed by atoms with Crippen molar-refractivity contribution >= 4 is 11.3 Å². The Balaban J connectivity index is 1.45. The first kappa shape index (κ1) is 23.8. The minimum absolute atomic E-state index is 0.147. The van der Waals surface area contributed by atoms with Crippen LogP contribution in [0.5, 0.6) is 0 Å². The van der Waals surface area contributed by atoms with E-state index in [1.165, 1.54) is 29.0 Å². The molecule has 0 radical (unpaired) electrons. The molecule has 0 bridgehead atoms. The fourth-order valence-corrected chi connectivity index (χ4v) is 5.82. The molecule has 1 fully saturated rings. The van der Waals surface area contributed by atoms with Gasteiger partial charge in [0.25, 0.3) is 0 Å². The molecule has 1 saturated heterocycles. The number of nitrogens with one attached hydrogen (secondary N) is 1. The summed E-state index contributed by atoms with van der Waals surface area (Å²) in [6.07, 6.45) is 6.42. The number of aryl methyl sites for hydroxylation is 2. The summed E-state index contributed by atoms with van der Waals surface area (Å²) < 4.78 is 27.1. The summed E-state index contributed by atoms with van der Waals surface area (Å²) in [7, 11) is 0. The summed E-state index contributed by atoms with van der Waals surface area (Å²) in [5.74, 6) is 0.682. The van der Waals surface area contributed by atoms with Crippen LogP contribution in [0, 0.1) is 17.9 Å². The molecule has 0 amide bonds. The lowest BCUT2D eigenvalue weighted by molar-refractivity contribution is 0.141. The van der Waals surface area contributed by atoms with Crippen LogP contribution in [-0.2, 0) is 17.4 Å². The van der Waals surface area contributed by atoms with Crippen molar-refractivity contribution in [2.24, 2.45) is 0 Å². The van der Waals surface area contributed by atoms with Gasteiger partial charge in [-0.1, -0.05) is 6.07 Å². The Hall–Kier alpha value is -2.90. The third-order valence-electron chi connectivity index (χ3n) is 7.47. The van der Waals surface area contributed by atoms with Crippen molar-refractivity contribution in [3.63, 3.8) is 0 Å². The van der Waals surface area contributed by atoms with E-state index in [9.17, 15) is 8.78 Å². The van der Waals surface area contributed by atoms with E-state index >= 15 is 0 Å². The van der Waals surface area contributed by atoms with Gasteiger partial charge in [0, 0.05) is 40.8 Å². The van der Waals surface area contributed by atoms with Crippen LogP contribution in [-0.4, -0.2) is 32.9 Å². The van der Waals surface area contributed by atoms with Crippen LogP contribution in [0.15, 0.2) is 60.9 Å². The van der Waals surface area contributed by atoms with E-state index in [0.29, 0.717) is 0 Å². The molecule has 0 spiro atoms. The number of hydrogen-bond acceptors (Lipinski definition) is 4. The Morgan fingerprint density at radius 3 is 2.51 bits per heavy atom. The van der Waals surface area contributed by atoms with Crippen molar-refractivity contribution in [2.75, 3.05) is 13.1 Å². The van der Waals surface area contributed by atoms with Crippen LogP contribution >= 0.6 is 11.3 Å². The molecule has 1 unspecified atom stereocenters. The maximum absolute atomic E-state index is 13.7. The molecule has 5 rings (SSSR count). The second-order valence-corrected chi connectivity index (χ2v) is 11.2. The van der Waals surface area contributed by atoms with Crippen molar-refractivity contribution in [3.8, 4) is 11.3 Å². The number of H-pyrrole nitrogens is 1. The highest BCUT2D eigenvalue weighted by Crippen LogP contribution is 2.43. The predicted molar refractivity (Wildman–Crippen MR) is 136 cm³/mol. The van der Waals surface area contributed by atoms with Crippen molar-refractivity contribution in [1.82, 2.24) is 19.9 Å². The molecule has 7 heteroatoms. The Morgan fingerprint density at radius 1 is 1.03 bits per heavy atom. The number of nitrogens with zero attached hydrogens (tertiary/aromatic N) is 3. The van der Waals surface area contributed by atoms with Gasteiger partial charge in [-0.2, -0.15) is 4.39 Å². The zero-order chi connectivity index (χ0) is 24.6. The fourth-order valence-electron chi connectivity index (χ4n) is 5.09. The number of rotatable bonds is 7.